The number of amides is 2. The highest BCUT2D eigenvalue weighted by atomic mass is 79.9. The van der Waals surface area contributed by atoms with Crippen molar-refractivity contribution >= 4 is 43.5 Å². The molecule has 2 atom stereocenters. The number of nitrogens with zero attached hydrogens (tertiary/aromatic N) is 2. The van der Waals surface area contributed by atoms with Crippen LogP contribution in [0.5, 0.6) is 5.75 Å². The molecule has 10 heteroatoms. The molecule has 0 saturated heterocycles. The van der Waals surface area contributed by atoms with Crippen LogP contribution in [0.4, 0.5) is 5.69 Å². The van der Waals surface area contributed by atoms with E-state index < -0.39 is 28.5 Å². The molecule has 0 aliphatic heterocycles. The van der Waals surface area contributed by atoms with Crippen molar-refractivity contribution in [2.24, 2.45) is 0 Å². The van der Waals surface area contributed by atoms with E-state index in [4.69, 9.17) is 4.74 Å². The number of ether oxygens (including phenoxy) is 1. The largest absolute Gasteiger partial charge is 0.494 e. The fourth-order valence-electron chi connectivity index (χ4n) is 4.39. The Bertz CT molecular complexity index is 1430. The molecule has 2 amide bonds. The van der Waals surface area contributed by atoms with Gasteiger partial charge in [-0.1, -0.05) is 59.6 Å². The maximum absolute atomic E-state index is 14.2. The van der Waals surface area contributed by atoms with E-state index in [0.29, 0.717) is 24.5 Å². The zero-order chi connectivity index (χ0) is 30.9. The van der Waals surface area contributed by atoms with Gasteiger partial charge in [0.1, 0.15) is 18.3 Å². The number of benzene rings is 3. The maximum atomic E-state index is 14.2. The van der Waals surface area contributed by atoms with E-state index >= 15 is 0 Å². The summed E-state index contributed by atoms with van der Waals surface area (Å²) in [5.41, 5.74) is 2.22. The first-order valence-corrected chi connectivity index (χ1v) is 16.4. The molecule has 226 valence electrons. The molecule has 0 saturated carbocycles. The summed E-state index contributed by atoms with van der Waals surface area (Å²) in [7, 11) is -4.16. The molecule has 8 nitrogen and oxygen atoms in total. The van der Waals surface area contributed by atoms with Gasteiger partial charge in [-0.25, -0.2) is 8.42 Å². The summed E-state index contributed by atoms with van der Waals surface area (Å²) < 4.78 is 35.4. The van der Waals surface area contributed by atoms with Gasteiger partial charge in [0.05, 0.1) is 17.2 Å². The lowest BCUT2D eigenvalue weighted by atomic mass is 10.1. The Morgan fingerprint density at radius 2 is 1.52 bits per heavy atom. The number of carbonyl (C=O) groups is 2. The molecule has 3 rings (SSSR count). The predicted octanol–water partition coefficient (Wildman–Crippen LogP) is 6.07. The van der Waals surface area contributed by atoms with E-state index in [9.17, 15) is 18.0 Å². The molecule has 0 heterocycles. The minimum Gasteiger partial charge on any atom is -0.494 e. The molecular weight excluding hydrogens is 618 g/mol. The minimum atomic E-state index is -4.16. The molecule has 0 aromatic heterocycles. The van der Waals surface area contributed by atoms with Gasteiger partial charge in [0.2, 0.25) is 11.8 Å². The van der Waals surface area contributed by atoms with Crippen molar-refractivity contribution in [3.8, 4) is 5.75 Å². The first kappa shape index (κ1) is 33.1. The van der Waals surface area contributed by atoms with Gasteiger partial charge in [0.25, 0.3) is 10.0 Å². The van der Waals surface area contributed by atoms with Crippen LogP contribution in [-0.2, 0) is 26.2 Å². The number of hydrogen-bond acceptors (Lipinski definition) is 5. The van der Waals surface area contributed by atoms with Crippen molar-refractivity contribution in [1.82, 2.24) is 10.2 Å². The van der Waals surface area contributed by atoms with Gasteiger partial charge in [0.15, 0.2) is 0 Å². The number of aryl methyl sites for hydroxylation is 1. The molecular formula is C32H40BrN3O5S. The van der Waals surface area contributed by atoms with Crippen LogP contribution >= 0.6 is 15.9 Å². The summed E-state index contributed by atoms with van der Waals surface area (Å²) in [6.07, 6.45) is 1.10. The van der Waals surface area contributed by atoms with Crippen molar-refractivity contribution in [2.45, 2.75) is 71.0 Å². The van der Waals surface area contributed by atoms with Crippen molar-refractivity contribution in [2.75, 3.05) is 17.5 Å². The molecule has 0 aliphatic carbocycles. The van der Waals surface area contributed by atoms with Crippen molar-refractivity contribution in [3.05, 3.63) is 88.4 Å². The number of anilines is 1. The second-order valence-corrected chi connectivity index (χ2v) is 12.9. The molecule has 0 bridgehead atoms. The van der Waals surface area contributed by atoms with E-state index in [1.807, 2.05) is 58.9 Å². The Hall–Kier alpha value is -3.37. The monoisotopic (exact) mass is 657 g/mol. The van der Waals surface area contributed by atoms with E-state index in [1.165, 1.54) is 17.0 Å². The first-order chi connectivity index (χ1) is 20.0. The van der Waals surface area contributed by atoms with Crippen molar-refractivity contribution in [1.29, 1.82) is 0 Å². The van der Waals surface area contributed by atoms with Crippen LogP contribution in [-0.4, -0.2) is 50.4 Å². The molecule has 0 radical (unpaired) electrons. The lowest BCUT2D eigenvalue weighted by Crippen LogP contribution is -2.53. The molecule has 0 fully saturated rings. The normalized spacial score (nSPS) is 12.7. The third kappa shape index (κ3) is 8.58. The number of rotatable bonds is 14. The van der Waals surface area contributed by atoms with Crippen LogP contribution in [0.25, 0.3) is 0 Å². The van der Waals surface area contributed by atoms with Gasteiger partial charge in [-0.15, -0.1) is 0 Å². The molecule has 1 N–H and O–H groups in total. The van der Waals surface area contributed by atoms with Gasteiger partial charge in [-0.2, -0.15) is 0 Å². The van der Waals surface area contributed by atoms with Crippen molar-refractivity contribution < 1.29 is 22.7 Å². The quantitative estimate of drug-likeness (QED) is 0.227. The number of halogens is 1. The maximum Gasteiger partial charge on any atom is 0.264 e. The molecule has 0 aliphatic rings. The van der Waals surface area contributed by atoms with Crippen LogP contribution in [0.1, 0.15) is 51.7 Å². The number of hydrogen-bond donors (Lipinski definition) is 1. The zero-order valence-electron chi connectivity index (χ0n) is 24.8. The Kier molecular flexibility index (Phi) is 12.0. The molecule has 3 aromatic rings. The van der Waals surface area contributed by atoms with Gasteiger partial charge in [-0.3, -0.25) is 13.9 Å². The average Bonchev–Trinajstić information content (AvgIpc) is 2.97. The number of carbonyl (C=O) groups excluding carboxylic acids is 2. The van der Waals surface area contributed by atoms with E-state index in [1.54, 1.807) is 36.4 Å². The lowest BCUT2D eigenvalue weighted by Gasteiger charge is -2.33. The Balaban J connectivity index is 2.05. The van der Waals surface area contributed by atoms with Crippen LogP contribution in [0.3, 0.4) is 0 Å². The van der Waals surface area contributed by atoms with Gasteiger partial charge in [-0.05, 0) is 87.7 Å². The zero-order valence-corrected chi connectivity index (χ0v) is 27.2. The van der Waals surface area contributed by atoms with Crippen LogP contribution in [0.15, 0.2) is 82.2 Å². The summed E-state index contributed by atoms with van der Waals surface area (Å²) in [5.74, 6) is -0.172. The molecule has 3 aromatic carbocycles. The number of sulfonamides is 1. The number of nitrogens with one attached hydrogen (secondary N) is 1. The Morgan fingerprint density at radius 3 is 2.07 bits per heavy atom. The highest BCUT2D eigenvalue weighted by Crippen LogP contribution is 2.27. The Labute approximate surface area is 258 Å². The molecule has 0 unspecified atom stereocenters. The van der Waals surface area contributed by atoms with Crippen LogP contribution in [0, 0.1) is 6.92 Å². The lowest BCUT2D eigenvalue weighted by molar-refractivity contribution is -0.140. The van der Waals surface area contributed by atoms with Gasteiger partial charge >= 0.3 is 0 Å². The fourth-order valence-corrected chi connectivity index (χ4v) is 6.07. The summed E-state index contributed by atoms with van der Waals surface area (Å²) >= 11 is 3.35. The first-order valence-electron chi connectivity index (χ1n) is 14.2. The summed E-state index contributed by atoms with van der Waals surface area (Å²) in [6.45, 7) is 9.69. The SMILES string of the molecule is CCOc1ccc(N(CC(=O)N(Cc2ccc(C)cc2)[C@H](CC)C(=O)N[C@H](C)CC)S(=O)(=O)c2ccc(Br)cc2)cc1. The highest BCUT2D eigenvalue weighted by Gasteiger charge is 2.34. The smallest absolute Gasteiger partial charge is 0.264 e. The summed E-state index contributed by atoms with van der Waals surface area (Å²) in [4.78, 5) is 29.1. The Morgan fingerprint density at radius 1 is 0.905 bits per heavy atom. The van der Waals surface area contributed by atoms with E-state index in [2.05, 4.69) is 21.2 Å². The predicted molar refractivity (Wildman–Crippen MR) is 170 cm³/mol. The highest BCUT2D eigenvalue weighted by molar-refractivity contribution is 9.10. The standard InChI is InChI=1S/C32H40BrN3O5S/c1-6-24(5)34-32(38)30(7-2)35(21-25-11-9-23(4)10-12-25)31(37)22-36(27-15-17-28(18-16-27)41-8-3)42(39,40)29-19-13-26(33)14-20-29/h9-20,24,30H,6-8,21-22H2,1-5H3,(H,34,38)/t24-,30-/m1/s1. The van der Waals surface area contributed by atoms with Gasteiger partial charge in [0, 0.05) is 17.1 Å². The summed E-state index contributed by atoms with van der Waals surface area (Å²) in [6, 6.07) is 19.7. The minimum absolute atomic E-state index is 0.0408. The third-order valence-electron chi connectivity index (χ3n) is 6.98. The van der Waals surface area contributed by atoms with Crippen molar-refractivity contribution in [3.63, 3.8) is 0 Å². The van der Waals surface area contributed by atoms with Crippen LogP contribution < -0.4 is 14.4 Å². The van der Waals surface area contributed by atoms with Crippen LogP contribution in [0.2, 0.25) is 0 Å². The van der Waals surface area contributed by atoms with E-state index in [0.717, 1.165) is 26.3 Å². The second-order valence-electron chi connectivity index (χ2n) is 10.1. The second kappa shape index (κ2) is 15.2. The molecule has 0 spiro atoms. The molecule has 42 heavy (non-hydrogen) atoms. The average molecular weight is 659 g/mol. The van der Waals surface area contributed by atoms with Gasteiger partial charge < -0.3 is 15.0 Å². The van der Waals surface area contributed by atoms with E-state index in [-0.39, 0.29) is 23.4 Å². The topological polar surface area (TPSA) is 96.0 Å². The fraction of sp³-hybridized carbons (Fsp3) is 0.375. The summed E-state index contributed by atoms with van der Waals surface area (Å²) in [5, 5.41) is 2.99. The third-order valence-corrected chi connectivity index (χ3v) is 9.29.